The zero-order valence-electron chi connectivity index (χ0n) is 16.4. The van der Waals surface area contributed by atoms with Crippen molar-refractivity contribution in [2.75, 3.05) is 37.5 Å². The third kappa shape index (κ3) is 4.19. The number of carbonyl (C=O) groups is 1. The Morgan fingerprint density at radius 1 is 1.14 bits per heavy atom. The van der Waals surface area contributed by atoms with Crippen molar-refractivity contribution in [2.45, 2.75) is 12.8 Å². The lowest BCUT2D eigenvalue weighted by molar-refractivity contribution is -0.120. The average Bonchev–Trinajstić information content (AvgIpc) is 3.45. The van der Waals surface area contributed by atoms with Crippen LogP contribution in [-0.2, 0) is 4.79 Å². The van der Waals surface area contributed by atoms with E-state index in [-0.39, 0.29) is 11.8 Å². The maximum Gasteiger partial charge on any atom is 0.229 e. The number of nitrogens with zero attached hydrogens (tertiary/aromatic N) is 4. The number of hydrogen-bond acceptors (Lipinski definition) is 7. The Kier molecular flexibility index (Phi) is 5.66. The standard InChI is InChI=1S/C20H23N5O3S/c1-27-16-8-7-15(12-17(16)28-2)21-18(26)14-6-5-11-25(13-14)20-23-22-19(29-20)24-9-3-4-10-24/h3-4,7-10,12,14H,5-6,11,13H2,1-2H3,(H,21,26)/t14-/m1/s1. The third-order valence-electron chi connectivity index (χ3n) is 4.94. The van der Waals surface area contributed by atoms with E-state index in [9.17, 15) is 4.79 Å². The minimum Gasteiger partial charge on any atom is -0.493 e. The zero-order valence-corrected chi connectivity index (χ0v) is 17.2. The Labute approximate surface area is 173 Å². The normalized spacial score (nSPS) is 16.5. The first-order chi connectivity index (χ1) is 14.2. The summed E-state index contributed by atoms with van der Waals surface area (Å²) in [5.74, 6) is 1.10. The average molecular weight is 414 g/mol. The molecule has 1 aromatic carbocycles. The molecule has 1 aliphatic heterocycles. The third-order valence-corrected chi connectivity index (χ3v) is 5.94. The minimum atomic E-state index is -0.115. The highest BCUT2D eigenvalue weighted by molar-refractivity contribution is 7.17. The molecule has 8 nitrogen and oxygen atoms in total. The molecule has 0 spiro atoms. The molecular formula is C20H23N5O3S. The Hall–Kier alpha value is -3.07. The molecule has 9 heteroatoms. The molecule has 152 valence electrons. The lowest BCUT2D eigenvalue weighted by atomic mass is 9.97. The molecule has 1 amide bonds. The van der Waals surface area contributed by atoms with Gasteiger partial charge in [0.1, 0.15) is 0 Å². The number of carbonyl (C=O) groups excluding carboxylic acids is 1. The van der Waals surface area contributed by atoms with Gasteiger partial charge in [-0.3, -0.25) is 9.36 Å². The van der Waals surface area contributed by atoms with Crippen molar-refractivity contribution < 1.29 is 14.3 Å². The molecule has 0 saturated carbocycles. The van der Waals surface area contributed by atoms with Crippen molar-refractivity contribution in [1.29, 1.82) is 0 Å². The molecule has 0 unspecified atom stereocenters. The van der Waals surface area contributed by atoms with Crippen molar-refractivity contribution in [3.05, 3.63) is 42.7 Å². The number of piperidine rings is 1. The van der Waals surface area contributed by atoms with Crippen LogP contribution in [0.2, 0.25) is 0 Å². The molecule has 0 radical (unpaired) electrons. The van der Waals surface area contributed by atoms with Gasteiger partial charge in [0.05, 0.1) is 20.1 Å². The molecule has 0 bridgehead atoms. The summed E-state index contributed by atoms with van der Waals surface area (Å²) in [6, 6.07) is 9.28. The van der Waals surface area contributed by atoms with Gasteiger partial charge in [-0.25, -0.2) is 0 Å². The number of aromatic nitrogens is 3. The van der Waals surface area contributed by atoms with Crippen LogP contribution in [0, 0.1) is 5.92 Å². The number of amides is 1. The molecule has 2 aromatic heterocycles. The fraction of sp³-hybridized carbons (Fsp3) is 0.350. The van der Waals surface area contributed by atoms with E-state index in [1.54, 1.807) is 26.4 Å². The predicted octanol–water partition coefficient (Wildman–Crippen LogP) is 3.20. The van der Waals surface area contributed by atoms with E-state index >= 15 is 0 Å². The van der Waals surface area contributed by atoms with Crippen LogP contribution in [0.15, 0.2) is 42.7 Å². The number of rotatable bonds is 6. The predicted molar refractivity (Wildman–Crippen MR) is 112 cm³/mol. The van der Waals surface area contributed by atoms with Gasteiger partial charge < -0.3 is 19.7 Å². The topological polar surface area (TPSA) is 81.5 Å². The smallest absolute Gasteiger partial charge is 0.229 e. The van der Waals surface area contributed by atoms with Crippen molar-refractivity contribution in [2.24, 2.45) is 5.92 Å². The van der Waals surface area contributed by atoms with Gasteiger partial charge in [0, 0.05) is 37.2 Å². The Morgan fingerprint density at radius 3 is 2.66 bits per heavy atom. The summed E-state index contributed by atoms with van der Waals surface area (Å²) >= 11 is 1.53. The van der Waals surface area contributed by atoms with Gasteiger partial charge in [0.15, 0.2) is 11.5 Å². The molecule has 1 N–H and O–H groups in total. The van der Waals surface area contributed by atoms with E-state index in [4.69, 9.17) is 9.47 Å². The first kappa shape index (κ1) is 19.3. The molecule has 0 aliphatic carbocycles. The number of hydrogen-bond donors (Lipinski definition) is 1. The molecule has 1 saturated heterocycles. The summed E-state index contributed by atoms with van der Waals surface area (Å²) in [5.41, 5.74) is 0.690. The number of methoxy groups -OCH3 is 2. The Bertz CT molecular complexity index is 972. The van der Waals surface area contributed by atoms with Gasteiger partial charge >= 0.3 is 0 Å². The summed E-state index contributed by atoms with van der Waals surface area (Å²) in [6.45, 7) is 1.50. The monoisotopic (exact) mass is 413 g/mol. The van der Waals surface area contributed by atoms with E-state index in [0.717, 1.165) is 29.6 Å². The highest BCUT2D eigenvalue weighted by Gasteiger charge is 2.28. The van der Waals surface area contributed by atoms with E-state index in [1.807, 2.05) is 35.2 Å². The SMILES string of the molecule is COc1ccc(NC(=O)[C@@H]2CCCN(c3nnc(-n4cccc4)s3)C2)cc1OC. The van der Waals surface area contributed by atoms with Crippen LogP contribution in [0.1, 0.15) is 12.8 Å². The summed E-state index contributed by atoms with van der Waals surface area (Å²) in [6.07, 6.45) is 5.67. The number of nitrogens with one attached hydrogen (secondary N) is 1. The van der Waals surface area contributed by atoms with Gasteiger partial charge in [0.25, 0.3) is 0 Å². The lowest BCUT2D eigenvalue weighted by Crippen LogP contribution is -2.40. The molecule has 1 aliphatic rings. The summed E-state index contributed by atoms with van der Waals surface area (Å²) in [4.78, 5) is 15.0. The number of anilines is 2. The molecule has 3 aromatic rings. The van der Waals surface area contributed by atoms with Crippen LogP contribution in [0.5, 0.6) is 11.5 Å². The largest absolute Gasteiger partial charge is 0.493 e. The van der Waals surface area contributed by atoms with Crippen LogP contribution in [-0.4, -0.2) is 48.0 Å². The maximum atomic E-state index is 12.8. The highest BCUT2D eigenvalue weighted by Crippen LogP contribution is 2.31. The van der Waals surface area contributed by atoms with Gasteiger partial charge in [-0.2, -0.15) is 0 Å². The highest BCUT2D eigenvalue weighted by atomic mass is 32.1. The maximum absolute atomic E-state index is 12.8. The van der Waals surface area contributed by atoms with Crippen molar-refractivity contribution in [1.82, 2.24) is 14.8 Å². The first-order valence-corrected chi connectivity index (χ1v) is 10.2. The molecule has 1 fully saturated rings. The van der Waals surface area contributed by atoms with E-state index in [0.29, 0.717) is 23.7 Å². The zero-order chi connectivity index (χ0) is 20.2. The van der Waals surface area contributed by atoms with Crippen LogP contribution < -0.4 is 19.7 Å². The van der Waals surface area contributed by atoms with Crippen molar-refractivity contribution in [3.8, 4) is 16.6 Å². The van der Waals surface area contributed by atoms with Crippen LogP contribution in [0.25, 0.3) is 5.13 Å². The Morgan fingerprint density at radius 2 is 1.90 bits per heavy atom. The Balaban J connectivity index is 1.42. The fourth-order valence-corrected chi connectivity index (χ4v) is 4.27. The van der Waals surface area contributed by atoms with Gasteiger partial charge in [-0.05, 0) is 37.1 Å². The quantitative estimate of drug-likeness (QED) is 0.668. The molecule has 4 rings (SSSR count). The lowest BCUT2D eigenvalue weighted by Gasteiger charge is -2.31. The van der Waals surface area contributed by atoms with E-state index in [2.05, 4.69) is 20.4 Å². The van der Waals surface area contributed by atoms with E-state index < -0.39 is 0 Å². The van der Waals surface area contributed by atoms with Crippen molar-refractivity contribution in [3.63, 3.8) is 0 Å². The van der Waals surface area contributed by atoms with Crippen LogP contribution in [0.3, 0.4) is 0 Å². The number of ether oxygens (including phenoxy) is 2. The summed E-state index contributed by atoms with van der Waals surface area (Å²) < 4.78 is 12.5. The summed E-state index contributed by atoms with van der Waals surface area (Å²) in [7, 11) is 3.16. The summed E-state index contributed by atoms with van der Waals surface area (Å²) in [5, 5.41) is 13.3. The second-order valence-electron chi connectivity index (χ2n) is 6.80. The van der Waals surface area contributed by atoms with Crippen LogP contribution >= 0.6 is 11.3 Å². The molecule has 1 atom stereocenters. The number of benzene rings is 1. The van der Waals surface area contributed by atoms with Gasteiger partial charge in [-0.1, -0.05) is 11.3 Å². The van der Waals surface area contributed by atoms with Gasteiger partial charge in [-0.15, -0.1) is 10.2 Å². The molecule has 29 heavy (non-hydrogen) atoms. The van der Waals surface area contributed by atoms with Crippen molar-refractivity contribution >= 4 is 28.1 Å². The second kappa shape index (κ2) is 8.52. The molecule has 3 heterocycles. The van der Waals surface area contributed by atoms with Gasteiger partial charge in [0.2, 0.25) is 16.2 Å². The van der Waals surface area contributed by atoms with E-state index in [1.165, 1.54) is 11.3 Å². The minimum absolute atomic E-state index is 0.00271. The first-order valence-electron chi connectivity index (χ1n) is 9.42. The molecular weight excluding hydrogens is 390 g/mol. The fourth-order valence-electron chi connectivity index (χ4n) is 3.43. The second-order valence-corrected chi connectivity index (χ2v) is 7.74. The van der Waals surface area contributed by atoms with Crippen LogP contribution in [0.4, 0.5) is 10.8 Å².